The second-order valence-electron chi connectivity index (χ2n) is 5.04. The van der Waals surface area contributed by atoms with Crippen LogP contribution in [0.5, 0.6) is 0 Å². The zero-order valence-electron chi connectivity index (χ0n) is 10.8. The molecule has 0 saturated heterocycles. The molecule has 0 saturated carbocycles. The summed E-state index contributed by atoms with van der Waals surface area (Å²) in [4.78, 5) is 2.32. The molecule has 1 unspecified atom stereocenters. The van der Waals surface area contributed by atoms with Crippen LogP contribution in [0.15, 0.2) is 0 Å². The summed E-state index contributed by atoms with van der Waals surface area (Å²) in [5.41, 5.74) is 4.91. The Kier molecular flexibility index (Phi) is 7.14. The fourth-order valence-corrected chi connectivity index (χ4v) is 1.82. The van der Waals surface area contributed by atoms with E-state index in [0.717, 1.165) is 32.4 Å². The van der Waals surface area contributed by atoms with Crippen molar-refractivity contribution in [3.63, 3.8) is 0 Å². The van der Waals surface area contributed by atoms with E-state index >= 15 is 0 Å². The van der Waals surface area contributed by atoms with Crippen LogP contribution in [0.2, 0.25) is 0 Å². The van der Waals surface area contributed by atoms with Gasteiger partial charge in [-0.25, -0.2) is 0 Å². The minimum atomic E-state index is -0.640. The van der Waals surface area contributed by atoms with Gasteiger partial charge in [-0.05, 0) is 38.8 Å². The minimum absolute atomic E-state index is 0.372. The summed E-state index contributed by atoms with van der Waals surface area (Å²) in [5.74, 6) is 0.703. The first-order chi connectivity index (χ1) is 6.93. The average molecular weight is 216 g/mol. The third-order valence-corrected chi connectivity index (χ3v) is 2.90. The SMILES string of the molecule is CCC(O)(CN)CCCN(C)CC(C)C. The molecule has 0 radical (unpaired) electrons. The predicted octanol–water partition coefficient (Wildman–Crippen LogP) is 1.45. The highest BCUT2D eigenvalue weighted by atomic mass is 16.3. The van der Waals surface area contributed by atoms with Crippen LogP contribution >= 0.6 is 0 Å². The first-order valence-corrected chi connectivity index (χ1v) is 6.04. The Morgan fingerprint density at radius 1 is 1.40 bits per heavy atom. The van der Waals surface area contributed by atoms with Gasteiger partial charge in [-0.15, -0.1) is 0 Å². The van der Waals surface area contributed by atoms with Crippen molar-refractivity contribution >= 4 is 0 Å². The zero-order chi connectivity index (χ0) is 11.9. The zero-order valence-corrected chi connectivity index (χ0v) is 10.8. The number of nitrogens with two attached hydrogens (primary N) is 1. The van der Waals surface area contributed by atoms with E-state index in [-0.39, 0.29) is 0 Å². The summed E-state index contributed by atoms with van der Waals surface area (Å²) in [7, 11) is 2.13. The van der Waals surface area contributed by atoms with Crippen LogP contribution in [0, 0.1) is 5.92 Å². The van der Waals surface area contributed by atoms with Crippen LogP contribution in [0.4, 0.5) is 0 Å². The lowest BCUT2D eigenvalue weighted by Gasteiger charge is -2.26. The van der Waals surface area contributed by atoms with Crippen molar-refractivity contribution in [1.82, 2.24) is 4.90 Å². The Labute approximate surface area is 94.6 Å². The van der Waals surface area contributed by atoms with E-state index in [1.165, 1.54) is 0 Å². The predicted molar refractivity (Wildman–Crippen MR) is 65.9 cm³/mol. The monoisotopic (exact) mass is 216 g/mol. The van der Waals surface area contributed by atoms with E-state index < -0.39 is 5.60 Å². The fraction of sp³-hybridized carbons (Fsp3) is 1.00. The first-order valence-electron chi connectivity index (χ1n) is 6.04. The fourth-order valence-electron chi connectivity index (χ4n) is 1.82. The van der Waals surface area contributed by atoms with E-state index in [1.54, 1.807) is 0 Å². The molecule has 0 spiro atoms. The summed E-state index contributed by atoms with van der Waals surface area (Å²) in [6.45, 7) is 8.97. The molecule has 0 rings (SSSR count). The lowest BCUT2D eigenvalue weighted by atomic mass is 9.95. The third-order valence-electron chi connectivity index (χ3n) is 2.90. The van der Waals surface area contributed by atoms with Crippen molar-refractivity contribution in [2.75, 3.05) is 26.7 Å². The molecule has 0 heterocycles. The maximum Gasteiger partial charge on any atom is 0.0767 e. The van der Waals surface area contributed by atoms with Crippen LogP contribution < -0.4 is 5.73 Å². The van der Waals surface area contributed by atoms with Crippen LogP contribution in [0.25, 0.3) is 0 Å². The van der Waals surface area contributed by atoms with Crippen molar-refractivity contribution in [2.24, 2.45) is 11.7 Å². The topological polar surface area (TPSA) is 49.5 Å². The van der Waals surface area contributed by atoms with Gasteiger partial charge in [-0.3, -0.25) is 0 Å². The number of hydrogen-bond acceptors (Lipinski definition) is 3. The molecule has 1 atom stereocenters. The Morgan fingerprint density at radius 3 is 2.40 bits per heavy atom. The number of hydrogen-bond donors (Lipinski definition) is 2. The highest BCUT2D eigenvalue weighted by molar-refractivity contribution is 4.77. The molecule has 0 aromatic carbocycles. The van der Waals surface area contributed by atoms with Gasteiger partial charge in [0.25, 0.3) is 0 Å². The highest BCUT2D eigenvalue weighted by Crippen LogP contribution is 2.15. The molecule has 0 amide bonds. The van der Waals surface area contributed by atoms with Crippen LogP contribution in [-0.4, -0.2) is 42.3 Å². The summed E-state index contributed by atoms with van der Waals surface area (Å²) in [5, 5.41) is 9.98. The lowest BCUT2D eigenvalue weighted by Crippen LogP contribution is -2.38. The van der Waals surface area contributed by atoms with Gasteiger partial charge in [0.15, 0.2) is 0 Å². The molecule has 3 nitrogen and oxygen atoms in total. The smallest absolute Gasteiger partial charge is 0.0767 e. The van der Waals surface area contributed by atoms with Gasteiger partial charge >= 0.3 is 0 Å². The summed E-state index contributed by atoms with van der Waals surface area (Å²) >= 11 is 0. The molecule has 92 valence electrons. The quantitative estimate of drug-likeness (QED) is 0.646. The van der Waals surface area contributed by atoms with Crippen molar-refractivity contribution < 1.29 is 5.11 Å². The van der Waals surface area contributed by atoms with Gasteiger partial charge in [0.05, 0.1) is 5.60 Å². The maximum absolute atomic E-state index is 9.98. The van der Waals surface area contributed by atoms with Crippen LogP contribution in [0.3, 0.4) is 0 Å². The van der Waals surface area contributed by atoms with Gasteiger partial charge in [0.2, 0.25) is 0 Å². The second-order valence-corrected chi connectivity index (χ2v) is 5.04. The van der Waals surface area contributed by atoms with Gasteiger partial charge in [0.1, 0.15) is 0 Å². The second kappa shape index (κ2) is 7.20. The van der Waals surface area contributed by atoms with Crippen molar-refractivity contribution in [1.29, 1.82) is 0 Å². The molecule has 0 aliphatic carbocycles. The van der Waals surface area contributed by atoms with Gasteiger partial charge in [-0.1, -0.05) is 20.8 Å². The van der Waals surface area contributed by atoms with Crippen molar-refractivity contribution in [3.05, 3.63) is 0 Å². The highest BCUT2D eigenvalue weighted by Gasteiger charge is 2.21. The molecule has 0 fully saturated rings. The Balaban J connectivity index is 3.68. The van der Waals surface area contributed by atoms with E-state index in [1.807, 2.05) is 6.92 Å². The van der Waals surface area contributed by atoms with Crippen LogP contribution in [0.1, 0.15) is 40.0 Å². The molecule has 3 heteroatoms. The largest absolute Gasteiger partial charge is 0.389 e. The summed E-state index contributed by atoms with van der Waals surface area (Å²) in [6.07, 6.45) is 2.57. The van der Waals surface area contributed by atoms with E-state index in [4.69, 9.17) is 5.73 Å². The van der Waals surface area contributed by atoms with Crippen LogP contribution in [-0.2, 0) is 0 Å². The Bertz CT molecular complexity index is 156. The molecule has 3 N–H and O–H groups in total. The molecule has 0 aromatic rings. The Hall–Kier alpha value is -0.120. The summed E-state index contributed by atoms with van der Waals surface area (Å²) in [6, 6.07) is 0. The maximum atomic E-state index is 9.98. The molecular formula is C12H28N2O. The average Bonchev–Trinajstić information content (AvgIpc) is 2.16. The molecule has 0 aromatic heterocycles. The summed E-state index contributed by atoms with van der Waals surface area (Å²) < 4.78 is 0. The Morgan fingerprint density at radius 2 is 2.00 bits per heavy atom. The lowest BCUT2D eigenvalue weighted by molar-refractivity contribution is 0.0320. The number of nitrogens with zero attached hydrogens (tertiary/aromatic N) is 1. The molecule has 0 aliphatic heterocycles. The van der Waals surface area contributed by atoms with Gasteiger partial charge in [0, 0.05) is 13.1 Å². The van der Waals surface area contributed by atoms with Crippen molar-refractivity contribution in [2.45, 2.75) is 45.6 Å². The van der Waals surface area contributed by atoms with Gasteiger partial charge in [-0.2, -0.15) is 0 Å². The van der Waals surface area contributed by atoms with E-state index in [2.05, 4.69) is 25.8 Å². The van der Waals surface area contributed by atoms with Crippen molar-refractivity contribution in [3.8, 4) is 0 Å². The van der Waals surface area contributed by atoms with E-state index in [9.17, 15) is 5.11 Å². The molecular weight excluding hydrogens is 188 g/mol. The van der Waals surface area contributed by atoms with Gasteiger partial charge < -0.3 is 15.7 Å². The third kappa shape index (κ3) is 6.88. The minimum Gasteiger partial charge on any atom is -0.389 e. The molecule has 15 heavy (non-hydrogen) atoms. The molecule has 0 aliphatic rings. The standard InChI is InChI=1S/C12H28N2O/c1-5-12(15,10-13)7-6-8-14(4)9-11(2)3/h11,15H,5-10,13H2,1-4H3. The molecule has 0 bridgehead atoms. The number of aliphatic hydroxyl groups is 1. The first kappa shape index (κ1) is 14.9. The number of rotatable bonds is 8. The normalized spacial score (nSPS) is 16.0. The van der Waals surface area contributed by atoms with E-state index in [0.29, 0.717) is 12.5 Å².